The van der Waals surface area contributed by atoms with Gasteiger partial charge >= 0.3 is 0 Å². The number of hydrogen-bond donors (Lipinski definition) is 2. The molecule has 3 atom stereocenters. The van der Waals surface area contributed by atoms with Gasteiger partial charge in [0.15, 0.2) is 0 Å². The van der Waals surface area contributed by atoms with Gasteiger partial charge in [0.1, 0.15) is 0 Å². The van der Waals surface area contributed by atoms with E-state index in [9.17, 15) is 4.79 Å². The summed E-state index contributed by atoms with van der Waals surface area (Å²) in [6, 6.07) is 11.6. The van der Waals surface area contributed by atoms with Crippen LogP contribution in [0.5, 0.6) is 0 Å². The van der Waals surface area contributed by atoms with Gasteiger partial charge < -0.3 is 11.1 Å². The van der Waals surface area contributed by atoms with E-state index in [1.807, 2.05) is 0 Å². The number of hydrogen-bond acceptors (Lipinski definition) is 3. The summed E-state index contributed by atoms with van der Waals surface area (Å²) in [6.07, 6.45) is 7.28. The van der Waals surface area contributed by atoms with Crippen LogP contribution in [0.1, 0.15) is 51.0 Å². The van der Waals surface area contributed by atoms with Crippen LogP contribution in [0.4, 0.5) is 0 Å². The normalized spacial score (nSPS) is 26.0. The maximum atomic E-state index is 12.1. The molecule has 0 saturated heterocycles. The Morgan fingerprint density at radius 2 is 1.91 bits per heavy atom. The summed E-state index contributed by atoms with van der Waals surface area (Å²) < 4.78 is 0. The third kappa shape index (κ3) is 4.33. The number of benzene rings is 1. The topological polar surface area (TPSA) is 58.4 Å². The molecule has 0 unspecified atom stereocenters. The Kier molecular flexibility index (Phi) is 5.34. The lowest BCUT2D eigenvalue weighted by atomic mass is 9.88. The predicted molar refractivity (Wildman–Crippen MR) is 92.8 cm³/mol. The molecule has 0 heterocycles. The number of nitrogens with zero attached hydrogens (tertiary/aromatic N) is 1. The van der Waals surface area contributed by atoms with E-state index in [-0.39, 0.29) is 11.9 Å². The summed E-state index contributed by atoms with van der Waals surface area (Å²) in [7, 11) is 0. The van der Waals surface area contributed by atoms with Gasteiger partial charge in [0, 0.05) is 24.7 Å². The second-order valence-electron chi connectivity index (χ2n) is 7.14. The molecule has 0 bridgehead atoms. The van der Waals surface area contributed by atoms with Crippen LogP contribution in [0, 0.1) is 0 Å². The molecule has 4 nitrogen and oxygen atoms in total. The molecule has 0 spiro atoms. The Morgan fingerprint density at radius 3 is 2.57 bits per heavy atom. The Hall–Kier alpha value is -1.39. The molecule has 0 aliphatic heterocycles. The smallest absolute Gasteiger partial charge is 0.236 e. The minimum Gasteiger partial charge on any atom is -0.350 e. The number of carbonyl (C=O) groups excluding carboxylic acids is 1. The van der Waals surface area contributed by atoms with Crippen LogP contribution < -0.4 is 11.1 Å². The average Bonchev–Trinajstić information content (AvgIpc) is 3.39. The summed E-state index contributed by atoms with van der Waals surface area (Å²) in [4.78, 5) is 14.7. The van der Waals surface area contributed by atoms with Crippen molar-refractivity contribution in [3.8, 4) is 0 Å². The molecular formula is C19H29N3O. The Morgan fingerprint density at radius 1 is 1.22 bits per heavy atom. The minimum absolute atomic E-state index is 0.0163. The first-order valence-corrected chi connectivity index (χ1v) is 9.01. The zero-order valence-electron chi connectivity index (χ0n) is 14.1. The van der Waals surface area contributed by atoms with Crippen molar-refractivity contribution in [2.75, 3.05) is 0 Å². The first kappa shape index (κ1) is 16.5. The van der Waals surface area contributed by atoms with E-state index in [4.69, 9.17) is 5.73 Å². The van der Waals surface area contributed by atoms with Crippen LogP contribution >= 0.6 is 0 Å². The van der Waals surface area contributed by atoms with Gasteiger partial charge in [-0.2, -0.15) is 0 Å². The van der Waals surface area contributed by atoms with Gasteiger partial charge in [-0.25, -0.2) is 0 Å². The lowest BCUT2D eigenvalue weighted by Gasteiger charge is -2.41. The number of nitrogens with two attached hydrogens (primary N) is 1. The van der Waals surface area contributed by atoms with E-state index < -0.39 is 6.04 Å². The number of rotatable bonds is 6. The molecule has 2 saturated carbocycles. The average molecular weight is 315 g/mol. The zero-order chi connectivity index (χ0) is 16.2. The van der Waals surface area contributed by atoms with E-state index in [2.05, 4.69) is 40.5 Å². The van der Waals surface area contributed by atoms with Crippen molar-refractivity contribution in [1.82, 2.24) is 10.2 Å². The largest absolute Gasteiger partial charge is 0.350 e. The first-order chi connectivity index (χ1) is 11.1. The maximum absolute atomic E-state index is 12.1. The quantitative estimate of drug-likeness (QED) is 0.847. The lowest BCUT2D eigenvalue weighted by molar-refractivity contribution is -0.123. The molecule has 2 aliphatic carbocycles. The molecule has 23 heavy (non-hydrogen) atoms. The first-order valence-electron chi connectivity index (χ1n) is 9.01. The summed E-state index contributed by atoms with van der Waals surface area (Å²) in [5.74, 6) is -0.0163. The zero-order valence-corrected chi connectivity index (χ0v) is 14.1. The molecule has 4 heteroatoms. The van der Waals surface area contributed by atoms with Gasteiger partial charge in [-0.1, -0.05) is 43.2 Å². The van der Waals surface area contributed by atoms with E-state index in [1.54, 1.807) is 6.92 Å². The summed E-state index contributed by atoms with van der Waals surface area (Å²) in [5.41, 5.74) is 7.11. The van der Waals surface area contributed by atoms with Gasteiger partial charge in [0.05, 0.1) is 6.04 Å². The van der Waals surface area contributed by atoms with Gasteiger partial charge in [0.25, 0.3) is 0 Å². The fraction of sp³-hybridized carbons (Fsp3) is 0.632. The van der Waals surface area contributed by atoms with Gasteiger partial charge in [0.2, 0.25) is 5.91 Å². The van der Waals surface area contributed by atoms with Crippen molar-refractivity contribution < 1.29 is 4.79 Å². The predicted octanol–water partition coefficient (Wildman–Crippen LogP) is 2.43. The highest BCUT2D eigenvalue weighted by Crippen LogP contribution is 2.35. The molecule has 2 aliphatic rings. The summed E-state index contributed by atoms with van der Waals surface area (Å²) in [6.45, 7) is 2.75. The van der Waals surface area contributed by atoms with Crippen molar-refractivity contribution in [3.05, 3.63) is 35.9 Å². The highest BCUT2D eigenvalue weighted by Gasteiger charge is 2.39. The highest BCUT2D eigenvalue weighted by atomic mass is 16.2. The Labute approximate surface area is 139 Å². The summed E-state index contributed by atoms with van der Waals surface area (Å²) >= 11 is 0. The second-order valence-corrected chi connectivity index (χ2v) is 7.14. The highest BCUT2D eigenvalue weighted by molar-refractivity contribution is 5.81. The molecule has 1 aromatic rings. The van der Waals surface area contributed by atoms with Gasteiger partial charge in [-0.15, -0.1) is 0 Å². The van der Waals surface area contributed by atoms with E-state index in [0.717, 1.165) is 13.0 Å². The third-order valence-electron chi connectivity index (χ3n) is 5.12. The fourth-order valence-corrected chi connectivity index (χ4v) is 3.71. The Bertz CT molecular complexity index is 513. The van der Waals surface area contributed by atoms with Crippen LogP contribution in [0.3, 0.4) is 0 Å². The van der Waals surface area contributed by atoms with Gasteiger partial charge in [-0.3, -0.25) is 9.69 Å². The molecule has 1 amide bonds. The molecule has 126 valence electrons. The molecule has 3 N–H and O–H groups in total. The number of amides is 1. The SMILES string of the molecule is C[C@H](N)C(=O)N[C@@H]1CCCC[C@@H]1N(Cc1ccccc1)C1CC1. The standard InChI is InChI=1S/C19H29N3O/c1-14(20)19(23)21-17-9-5-6-10-18(17)22(16-11-12-16)13-15-7-3-2-4-8-15/h2-4,7-8,14,16-18H,5-6,9-13,20H2,1H3,(H,21,23)/t14-,17+,18-/m0/s1. The molecule has 0 aromatic heterocycles. The minimum atomic E-state index is -0.430. The maximum Gasteiger partial charge on any atom is 0.236 e. The second kappa shape index (κ2) is 7.45. The van der Waals surface area contributed by atoms with E-state index in [0.29, 0.717) is 12.1 Å². The van der Waals surface area contributed by atoms with Crippen LogP contribution in [0.25, 0.3) is 0 Å². The summed E-state index contributed by atoms with van der Waals surface area (Å²) in [5, 5.41) is 3.21. The lowest BCUT2D eigenvalue weighted by Crippen LogP contribution is -2.56. The van der Waals surface area contributed by atoms with E-state index >= 15 is 0 Å². The van der Waals surface area contributed by atoms with E-state index in [1.165, 1.54) is 37.7 Å². The van der Waals surface area contributed by atoms with Crippen molar-refractivity contribution in [1.29, 1.82) is 0 Å². The van der Waals surface area contributed by atoms with Crippen molar-refractivity contribution in [2.45, 2.75) is 76.2 Å². The third-order valence-corrected chi connectivity index (χ3v) is 5.12. The van der Waals surface area contributed by atoms with Crippen molar-refractivity contribution in [3.63, 3.8) is 0 Å². The van der Waals surface area contributed by atoms with Crippen LogP contribution in [-0.2, 0) is 11.3 Å². The molecule has 0 radical (unpaired) electrons. The van der Waals surface area contributed by atoms with Gasteiger partial charge in [-0.05, 0) is 38.2 Å². The number of carbonyl (C=O) groups is 1. The molecule has 3 rings (SSSR count). The monoisotopic (exact) mass is 315 g/mol. The Balaban J connectivity index is 1.72. The fourth-order valence-electron chi connectivity index (χ4n) is 3.71. The number of nitrogens with one attached hydrogen (secondary N) is 1. The van der Waals surface area contributed by atoms with Crippen molar-refractivity contribution in [2.24, 2.45) is 5.73 Å². The molecular weight excluding hydrogens is 286 g/mol. The van der Waals surface area contributed by atoms with Crippen LogP contribution in [0.2, 0.25) is 0 Å². The van der Waals surface area contributed by atoms with Crippen molar-refractivity contribution >= 4 is 5.91 Å². The molecule has 1 aromatic carbocycles. The van der Waals surface area contributed by atoms with Crippen LogP contribution in [0.15, 0.2) is 30.3 Å². The van der Waals surface area contributed by atoms with Crippen LogP contribution in [-0.4, -0.2) is 35.0 Å². The molecule has 2 fully saturated rings.